The van der Waals surface area contributed by atoms with Gasteiger partial charge >= 0.3 is 5.97 Å². The lowest BCUT2D eigenvalue weighted by atomic mass is 9.94. The zero-order chi connectivity index (χ0) is 24.6. The molecule has 184 valence electrons. The predicted molar refractivity (Wildman–Crippen MR) is 140 cm³/mol. The lowest BCUT2D eigenvalue weighted by Gasteiger charge is -2.22. The Balaban J connectivity index is 1.25. The Bertz CT molecular complexity index is 1150. The van der Waals surface area contributed by atoms with Gasteiger partial charge in [-0.05, 0) is 58.2 Å². The molecule has 2 aromatic carbocycles. The minimum absolute atomic E-state index is 0.00570. The number of alkyl halides is 1. The third-order valence-electron chi connectivity index (χ3n) is 6.21. The van der Waals surface area contributed by atoms with E-state index in [1.165, 1.54) is 17.5 Å². The summed E-state index contributed by atoms with van der Waals surface area (Å²) < 4.78 is 7.82. The van der Waals surface area contributed by atoms with Crippen molar-refractivity contribution in [1.29, 1.82) is 0 Å². The number of carbonyl (C=O) groups is 2. The van der Waals surface area contributed by atoms with Crippen molar-refractivity contribution in [3.8, 4) is 5.69 Å². The van der Waals surface area contributed by atoms with Crippen molar-refractivity contribution in [2.75, 3.05) is 30.6 Å². The highest BCUT2D eigenvalue weighted by Gasteiger charge is 2.24. The number of esters is 1. The first-order valence-electron chi connectivity index (χ1n) is 11.8. The Kier molecular flexibility index (Phi) is 8.80. The highest BCUT2D eigenvalue weighted by atomic mass is 127. The summed E-state index contributed by atoms with van der Waals surface area (Å²) in [5.74, 6) is -0.210. The average molecular weight is 588 g/mol. The molecule has 0 atom stereocenters. The number of hydrogen-bond donors (Lipinski definition) is 1. The summed E-state index contributed by atoms with van der Waals surface area (Å²) in [6.07, 6.45) is 3.65. The number of carbonyl (C=O) groups excluding carboxylic acids is 2. The summed E-state index contributed by atoms with van der Waals surface area (Å²) in [7, 11) is 0. The number of nitrogens with zero attached hydrogens (tertiary/aromatic N) is 5. The number of amides is 1. The van der Waals surface area contributed by atoms with Crippen molar-refractivity contribution in [1.82, 2.24) is 30.4 Å². The standard InChI is InChI=1S/C25H29IN6O3/c1-2-21-19(5-8-22-23(21)16-35-25(22)34)9-12-31(13-10-26)14-11-27-24(33)15-18-3-6-20(7-4-18)32-17-28-29-30-32/h3-8,17H,2,9-16H2,1H3,(H,27,33). The number of nitrogens with one attached hydrogen (secondary N) is 1. The van der Waals surface area contributed by atoms with E-state index in [4.69, 9.17) is 4.74 Å². The Hall–Kier alpha value is -2.86. The van der Waals surface area contributed by atoms with Crippen LogP contribution in [0.2, 0.25) is 0 Å². The maximum Gasteiger partial charge on any atom is 0.338 e. The number of cyclic esters (lactones) is 1. The molecule has 0 unspecified atom stereocenters. The summed E-state index contributed by atoms with van der Waals surface area (Å²) in [6.45, 7) is 5.77. The predicted octanol–water partition coefficient (Wildman–Crippen LogP) is 2.53. The lowest BCUT2D eigenvalue weighted by Crippen LogP contribution is -2.37. The fourth-order valence-corrected chi connectivity index (χ4v) is 5.05. The monoisotopic (exact) mass is 588 g/mol. The smallest absolute Gasteiger partial charge is 0.338 e. The van der Waals surface area contributed by atoms with Crippen LogP contribution in [0.25, 0.3) is 5.69 Å². The van der Waals surface area contributed by atoms with Crippen LogP contribution in [0.5, 0.6) is 0 Å². The van der Waals surface area contributed by atoms with Gasteiger partial charge in [-0.15, -0.1) is 5.10 Å². The molecule has 9 nitrogen and oxygen atoms in total. The van der Waals surface area contributed by atoms with E-state index in [-0.39, 0.29) is 11.9 Å². The van der Waals surface area contributed by atoms with Crippen LogP contribution < -0.4 is 5.32 Å². The maximum atomic E-state index is 12.5. The summed E-state index contributed by atoms with van der Waals surface area (Å²) in [4.78, 5) is 26.7. The van der Waals surface area contributed by atoms with E-state index in [1.54, 1.807) is 4.68 Å². The number of fused-ring (bicyclic) bond motifs is 1. The van der Waals surface area contributed by atoms with Crippen LogP contribution >= 0.6 is 22.6 Å². The zero-order valence-corrected chi connectivity index (χ0v) is 21.9. The van der Waals surface area contributed by atoms with Crippen LogP contribution in [0.15, 0.2) is 42.7 Å². The molecule has 0 bridgehead atoms. The molecule has 3 aromatic rings. The summed E-state index contributed by atoms with van der Waals surface area (Å²) in [5, 5.41) is 14.2. The molecule has 1 N–H and O–H groups in total. The van der Waals surface area contributed by atoms with Crippen LogP contribution in [-0.2, 0) is 35.4 Å². The van der Waals surface area contributed by atoms with Crippen molar-refractivity contribution in [2.24, 2.45) is 0 Å². The van der Waals surface area contributed by atoms with E-state index in [2.05, 4.69) is 61.3 Å². The highest BCUT2D eigenvalue weighted by Crippen LogP contribution is 2.27. The Labute approximate surface area is 218 Å². The first-order valence-corrected chi connectivity index (χ1v) is 13.3. The topological polar surface area (TPSA) is 102 Å². The van der Waals surface area contributed by atoms with Gasteiger partial charge in [0.05, 0.1) is 17.7 Å². The minimum Gasteiger partial charge on any atom is -0.457 e. The first kappa shape index (κ1) is 25.2. The van der Waals surface area contributed by atoms with Crippen molar-refractivity contribution in [2.45, 2.75) is 32.8 Å². The molecule has 35 heavy (non-hydrogen) atoms. The maximum absolute atomic E-state index is 12.5. The summed E-state index contributed by atoms with van der Waals surface area (Å²) >= 11 is 2.39. The molecule has 1 aromatic heterocycles. The third kappa shape index (κ3) is 6.43. The molecule has 0 fully saturated rings. The van der Waals surface area contributed by atoms with E-state index in [9.17, 15) is 9.59 Å². The number of aromatic nitrogens is 4. The van der Waals surface area contributed by atoms with Gasteiger partial charge in [-0.3, -0.25) is 4.79 Å². The van der Waals surface area contributed by atoms with Gasteiger partial charge in [0, 0.05) is 36.2 Å². The van der Waals surface area contributed by atoms with Crippen LogP contribution in [0.4, 0.5) is 0 Å². The Morgan fingerprint density at radius 2 is 2.00 bits per heavy atom. The Morgan fingerprint density at radius 1 is 1.17 bits per heavy atom. The van der Waals surface area contributed by atoms with Gasteiger partial charge in [-0.25, -0.2) is 9.48 Å². The summed E-state index contributed by atoms with van der Waals surface area (Å²) in [6, 6.07) is 11.6. The van der Waals surface area contributed by atoms with Crippen molar-refractivity contribution in [3.63, 3.8) is 0 Å². The van der Waals surface area contributed by atoms with Crippen LogP contribution in [-0.4, -0.2) is 67.6 Å². The molecule has 1 amide bonds. The number of hydrogen-bond acceptors (Lipinski definition) is 7. The van der Waals surface area contributed by atoms with Crippen LogP contribution in [0.1, 0.15) is 39.5 Å². The zero-order valence-electron chi connectivity index (χ0n) is 19.7. The minimum atomic E-state index is -0.216. The largest absolute Gasteiger partial charge is 0.457 e. The number of benzene rings is 2. The van der Waals surface area contributed by atoms with Gasteiger partial charge in [0.25, 0.3) is 0 Å². The highest BCUT2D eigenvalue weighted by molar-refractivity contribution is 14.1. The van der Waals surface area contributed by atoms with E-state index in [1.807, 2.05) is 30.3 Å². The molecule has 0 radical (unpaired) electrons. The van der Waals surface area contributed by atoms with Crippen molar-refractivity contribution in [3.05, 3.63) is 70.5 Å². The van der Waals surface area contributed by atoms with Crippen LogP contribution in [0.3, 0.4) is 0 Å². The molecular weight excluding hydrogens is 559 g/mol. The van der Waals surface area contributed by atoms with Crippen molar-refractivity contribution < 1.29 is 14.3 Å². The second-order valence-corrected chi connectivity index (χ2v) is 9.47. The fraction of sp³-hybridized carbons (Fsp3) is 0.400. The average Bonchev–Trinajstić information content (AvgIpc) is 3.53. The van der Waals surface area contributed by atoms with Crippen molar-refractivity contribution >= 4 is 34.5 Å². The third-order valence-corrected chi connectivity index (χ3v) is 6.69. The van der Waals surface area contributed by atoms with E-state index < -0.39 is 0 Å². The molecule has 4 rings (SSSR count). The van der Waals surface area contributed by atoms with Gasteiger partial charge in [0.2, 0.25) is 5.91 Å². The molecule has 1 aliphatic rings. The van der Waals surface area contributed by atoms with E-state index >= 15 is 0 Å². The van der Waals surface area contributed by atoms with Gasteiger partial charge in [0.15, 0.2) is 0 Å². The second kappa shape index (κ2) is 12.2. The number of ether oxygens (including phenoxy) is 1. The number of halogens is 1. The molecule has 2 heterocycles. The molecule has 0 saturated heterocycles. The fourth-order valence-electron chi connectivity index (χ4n) is 4.37. The molecular formula is C25H29IN6O3. The molecule has 0 spiro atoms. The van der Waals surface area contributed by atoms with Gasteiger partial charge < -0.3 is 15.0 Å². The number of tetrazole rings is 1. The van der Waals surface area contributed by atoms with Gasteiger partial charge in [-0.1, -0.05) is 47.7 Å². The molecule has 1 aliphatic heterocycles. The van der Waals surface area contributed by atoms with Crippen LogP contribution in [0, 0.1) is 0 Å². The SMILES string of the molecule is CCc1c(CCN(CCI)CCNC(=O)Cc2ccc(-n3cnnn3)cc2)ccc2c1COC2=O. The Morgan fingerprint density at radius 3 is 2.71 bits per heavy atom. The van der Waals surface area contributed by atoms with Gasteiger partial charge in [-0.2, -0.15) is 0 Å². The molecule has 0 aliphatic carbocycles. The van der Waals surface area contributed by atoms with E-state index in [0.29, 0.717) is 25.1 Å². The summed E-state index contributed by atoms with van der Waals surface area (Å²) in [5.41, 5.74) is 6.06. The normalized spacial score (nSPS) is 12.6. The first-order chi connectivity index (χ1) is 17.1. The van der Waals surface area contributed by atoms with Gasteiger partial charge in [0.1, 0.15) is 12.9 Å². The molecule has 10 heteroatoms. The lowest BCUT2D eigenvalue weighted by molar-refractivity contribution is -0.120. The van der Waals surface area contributed by atoms with E-state index in [0.717, 1.165) is 53.7 Å². The number of rotatable bonds is 12. The molecule has 0 saturated carbocycles. The quantitative estimate of drug-likeness (QED) is 0.197. The second-order valence-electron chi connectivity index (χ2n) is 8.39.